The van der Waals surface area contributed by atoms with Crippen LogP contribution in [-0.4, -0.2) is 29.5 Å². The molecule has 1 aromatic carbocycles. The van der Waals surface area contributed by atoms with Crippen LogP contribution in [0, 0.1) is 0 Å². The van der Waals surface area contributed by atoms with E-state index in [-0.39, 0.29) is 29.2 Å². The van der Waals surface area contributed by atoms with E-state index in [1.165, 1.54) is 46.1 Å². The molecule has 0 aliphatic carbocycles. The van der Waals surface area contributed by atoms with Crippen molar-refractivity contribution in [3.05, 3.63) is 63.0 Å². The number of thiazole rings is 1. The standard InChI is InChI=1S/C16H13ClN2O5S2/c17-11-1-3-13(4-2-11)26(22,23)8-5-15(21)24-10-12-9-14(20)19-6-7-25-16(19)18-12/h1-4,6-7,9H,5,8,10H2. The summed E-state index contributed by atoms with van der Waals surface area (Å²) < 4.78 is 30.8. The van der Waals surface area contributed by atoms with Gasteiger partial charge in [0.1, 0.15) is 6.61 Å². The fourth-order valence-corrected chi connectivity index (χ4v) is 4.25. The zero-order valence-electron chi connectivity index (χ0n) is 13.3. The summed E-state index contributed by atoms with van der Waals surface area (Å²) in [6.07, 6.45) is 1.30. The number of rotatable bonds is 6. The highest BCUT2D eigenvalue weighted by Crippen LogP contribution is 2.16. The number of carbonyl (C=O) groups excluding carboxylic acids is 1. The Morgan fingerprint density at radius 2 is 2.00 bits per heavy atom. The Bertz CT molecular complexity index is 1100. The van der Waals surface area contributed by atoms with Gasteiger partial charge in [-0.2, -0.15) is 0 Å². The van der Waals surface area contributed by atoms with E-state index in [0.717, 1.165) is 0 Å². The predicted molar refractivity (Wildman–Crippen MR) is 97.3 cm³/mol. The van der Waals surface area contributed by atoms with E-state index in [1.54, 1.807) is 11.6 Å². The molecule has 0 N–H and O–H groups in total. The van der Waals surface area contributed by atoms with E-state index in [1.807, 2.05) is 0 Å². The predicted octanol–water partition coefficient (Wildman–Crippen LogP) is 2.32. The van der Waals surface area contributed by atoms with E-state index < -0.39 is 15.8 Å². The molecule has 0 aliphatic heterocycles. The van der Waals surface area contributed by atoms with E-state index in [2.05, 4.69) is 4.98 Å². The largest absolute Gasteiger partial charge is 0.459 e. The minimum atomic E-state index is -3.61. The Kier molecular flexibility index (Phi) is 5.40. The molecule has 0 radical (unpaired) electrons. The number of sulfone groups is 1. The first kappa shape index (κ1) is 18.6. The molecule has 0 unspecified atom stereocenters. The van der Waals surface area contributed by atoms with Crippen LogP contribution >= 0.6 is 22.9 Å². The van der Waals surface area contributed by atoms with Crippen LogP contribution in [0.4, 0.5) is 0 Å². The molecule has 3 aromatic rings. The fourth-order valence-electron chi connectivity index (χ4n) is 2.17. The van der Waals surface area contributed by atoms with Gasteiger partial charge in [0.05, 0.1) is 22.8 Å². The first-order valence-corrected chi connectivity index (χ1v) is 10.4. The lowest BCUT2D eigenvalue weighted by Gasteiger charge is -2.06. The normalized spacial score (nSPS) is 11.6. The van der Waals surface area contributed by atoms with Crippen molar-refractivity contribution < 1.29 is 17.9 Å². The Morgan fingerprint density at radius 3 is 2.73 bits per heavy atom. The van der Waals surface area contributed by atoms with E-state index in [4.69, 9.17) is 16.3 Å². The molecule has 0 saturated heterocycles. The summed E-state index contributed by atoms with van der Waals surface area (Å²) in [5.41, 5.74) is 0.0407. The van der Waals surface area contributed by atoms with Gasteiger partial charge in [-0.1, -0.05) is 11.6 Å². The van der Waals surface area contributed by atoms with Crippen molar-refractivity contribution in [3.8, 4) is 0 Å². The molecule has 7 nitrogen and oxygen atoms in total. The number of benzene rings is 1. The van der Waals surface area contributed by atoms with Gasteiger partial charge in [-0.05, 0) is 24.3 Å². The number of ether oxygens (including phenoxy) is 1. The van der Waals surface area contributed by atoms with Crippen LogP contribution in [-0.2, 0) is 26.0 Å². The number of aromatic nitrogens is 2. The van der Waals surface area contributed by atoms with E-state index in [0.29, 0.717) is 15.7 Å². The summed E-state index contributed by atoms with van der Waals surface area (Å²) in [7, 11) is -3.61. The molecule has 0 spiro atoms. The second-order valence-corrected chi connectivity index (χ2v) is 8.74. The van der Waals surface area contributed by atoms with Gasteiger partial charge in [0.2, 0.25) is 0 Å². The molecular weight excluding hydrogens is 400 g/mol. The molecule has 2 aromatic heterocycles. The van der Waals surface area contributed by atoms with Crippen LogP contribution in [0.15, 0.2) is 51.6 Å². The first-order valence-electron chi connectivity index (χ1n) is 7.45. The summed E-state index contributed by atoms with van der Waals surface area (Å²) in [6.45, 7) is -0.191. The van der Waals surface area contributed by atoms with E-state index in [9.17, 15) is 18.0 Å². The first-order chi connectivity index (χ1) is 12.3. The average molecular weight is 413 g/mol. The quantitative estimate of drug-likeness (QED) is 0.576. The summed E-state index contributed by atoms with van der Waals surface area (Å²) in [6, 6.07) is 6.99. The number of nitrogens with zero attached hydrogens (tertiary/aromatic N) is 2. The molecule has 10 heteroatoms. The zero-order valence-corrected chi connectivity index (χ0v) is 15.7. The molecule has 0 saturated carbocycles. The maximum absolute atomic E-state index is 12.2. The monoisotopic (exact) mass is 412 g/mol. The van der Waals surface area contributed by atoms with Crippen LogP contribution in [0.25, 0.3) is 4.96 Å². The van der Waals surface area contributed by atoms with Crippen molar-refractivity contribution in [1.82, 2.24) is 9.38 Å². The number of halogens is 1. The third-order valence-corrected chi connectivity index (χ3v) is 6.23. The number of hydrogen-bond acceptors (Lipinski definition) is 7. The summed E-state index contributed by atoms with van der Waals surface area (Å²) in [5.74, 6) is -1.07. The maximum atomic E-state index is 12.2. The third kappa shape index (κ3) is 4.29. The van der Waals surface area contributed by atoms with Crippen LogP contribution < -0.4 is 5.56 Å². The van der Waals surface area contributed by atoms with Gasteiger partial charge in [-0.15, -0.1) is 11.3 Å². The highest BCUT2D eigenvalue weighted by Gasteiger charge is 2.17. The van der Waals surface area contributed by atoms with Crippen LogP contribution in [0.2, 0.25) is 5.02 Å². The van der Waals surface area contributed by atoms with Crippen molar-refractivity contribution in [2.24, 2.45) is 0 Å². The second-order valence-electron chi connectivity index (χ2n) is 5.32. The fraction of sp³-hybridized carbons (Fsp3) is 0.188. The Balaban J connectivity index is 1.58. The molecule has 0 aliphatic rings. The third-order valence-electron chi connectivity index (χ3n) is 3.48. The van der Waals surface area contributed by atoms with Crippen molar-refractivity contribution in [3.63, 3.8) is 0 Å². The molecule has 3 rings (SSSR count). The number of esters is 1. The minimum Gasteiger partial charge on any atom is -0.459 e. The Labute approximate surface area is 157 Å². The lowest BCUT2D eigenvalue weighted by atomic mass is 10.4. The highest BCUT2D eigenvalue weighted by molar-refractivity contribution is 7.91. The van der Waals surface area contributed by atoms with Crippen LogP contribution in [0.1, 0.15) is 12.1 Å². The number of hydrogen-bond donors (Lipinski definition) is 0. The molecule has 2 heterocycles. The second kappa shape index (κ2) is 7.56. The zero-order chi connectivity index (χ0) is 18.7. The minimum absolute atomic E-state index is 0.0903. The van der Waals surface area contributed by atoms with Crippen LogP contribution in [0.3, 0.4) is 0 Å². The highest BCUT2D eigenvalue weighted by atomic mass is 35.5. The molecule has 0 bridgehead atoms. The topological polar surface area (TPSA) is 94.8 Å². The molecule has 26 heavy (non-hydrogen) atoms. The van der Waals surface area contributed by atoms with Crippen molar-refractivity contribution in [2.45, 2.75) is 17.9 Å². The van der Waals surface area contributed by atoms with Gasteiger partial charge in [0.15, 0.2) is 14.8 Å². The number of fused-ring (bicyclic) bond motifs is 1. The molecule has 136 valence electrons. The maximum Gasteiger partial charge on any atom is 0.307 e. The number of carbonyl (C=O) groups is 1. The van der Waals surface area contributed by atoms with Gasteiger partial charge < -0.3 is 4.74 Å². The molecular formula is C16H13ClN2O5S2. The van der Waals surface area contributed by atoms with Crippen molar-refractivity contribution in [2.75, 3.05) is 5.75 Å². The SMILES string of the molecule is O=C(CCS(=O)(=O)c1ccc(Cl)cc1)OCc1cc(=O)n2ccsc2n1. The average Bonchev–Trinajstić information content (AvgIpc) is 3.08. The molecule has 0 amide bonds. The Morgan fingerprint density at radius 1 is 1.27 bits per heavy atom. The summed E-state index contributed by atoms with van der Waals surface area (Å²) in [5, 5.41) is 2.15. The van der Waals surface area contributed by atoms with Crippen molar-refractivity contribution >= 4 is 43.7 Å². The molecule has 0 fully saturated rings. The Hall–Kier alpha value is -2.23. The summed E-state index contributed by atoms with van der Waals surface area (Å²) in [4.78, 5) is 28.5. The van der Waals surface area contributed by atoms with Gasteiger partial charge in [0.25, 0.3) is 5.56 Å². The van der Waals surface area contributed by atoms with Gasteiger partial charge in [0, 0.05) is 22.7 Å². The van der Waals surface area contributed by atoms with Crippen LogP contribution in [0.5, 0.6) is 0 Å². The van der Waals surface area contributed by atoms with Crippen molar-refractivity contribution in [1.29, 1.82) is 0 Å². The molecule has 0 atom stereocenters. The van der Waals surface area contributed by atoms with Gasteiger partial charge >= 0.3 is 5.97 Å². The smallest absolute Gasteiger partial charge is 0.307 e. The van der Waals surface area contributed by atoms with E-state index >= 15 is 0 Å². The summed E-state index contributed by atoms with van der Waals surface area (Å²) >= 11 is 7.02. The van der Waals surface area contributed by atoms with Gasteiger partial charge in [-0.3, -0.25) is 14.0 Å². The lowest BCUT2D eigenvalue weighted by Crippen LogP contribution is -2.16. The lowest BCUT2D eigenvalue weighted by molar-refractivity contribution is -0.144. The van der Waals surface area contributed by atoms with Gasteiger partial charge in [-0.25, -0.2) is 13.4 Å².